The Hall–Kier alpha value is -0.720. The van der Waals surface area contributed by atoms with E-state index < -0.39 is 0 Å². The fraction of sp³-hybridized carbons (Fsp3) is 0.714. The molecular weight excluding hydrogens is 182 g/mol. The first-order valence-corrected chi connectivity index (χ1v) is 6.58. The fourth-order valence-corrected chi connectivity index (χ4v) is 3.40. The molecule has 0 aromatic carbocycles. The molecule has 1 atom stereocenters. The molecule has 0 saturated heterocycles. The van der Waals surface area contributed by atoms with E-state index in [9.17, 15) is 0 Å². The highest BCUT2D eigenvalue weighted by Crippen LogP contribution is 2.32. The van der Waals surface area contributed by atoms with Crippen molar-refractivity contribution in [3.63, 3.8) is 0 Å². The van der Waals surface area contributed by atoms with Gasteiger partial charge in [-0.1, -0.05) is 6.42 Å². The Balaban J connectivity index is 2.08. The minimum absolute atomic E-state index is 0.754. The Morgan fingerprint density at radius 1 is 1.07 bits per heavy atom. The third-order valence-corrected chi connectivity index (χ3v) is 4.17. The highest BCUT2D eigenvalue weighted by atomic mass is 15.0. The maximum atomic E-state index is 2.68. The van der Waals surface area contributed by atoms with Crippen LogP contribution in [0.1, 0.15) is 62.0 Å². The summed E-state index contributed by atoms with van der Waals surface area (Å²) in [7, 11) is 0. The van der Waals surface area contributed by atoms with E-state index in [0.29, 0.717) is 0 Å². The van der Waals surface area contributed by atoms with E-state index in [1.165, 1.54) is 51.4 Å². The van der Waals surface area contributed by atoms with Crippen LogP contribution in [0, 0.1) is 0 Å². The third kappa shape index (κ3) is 1.53. The molecule has 0 spiro atoms. The largest absolute Gasteiger partial charge is 0.346 e. The zero-order chi connectivity index (χ0) is 10.3. The van der Waals surface area contributed by atoms with E-state index >= 15 is 0 Å². The van der Waals surface area contributed by atoms with Crippen LogP contribution in [-0.4, -0.2) is 4.57 Å². The highest BCUT2D eigenvalue weighted by molar-refractivity contribution is 5.31. The molecule has 1 aliphatic heterocycles. The lowest BCUT2D eigenvalue weighted by atomic mass is 9.97. The quantitative estimate of drug-likeness (QED) is 0.606. The van der Waals surface area contributed by atoms with E-state index in [1.54, 1.807) is 17.0 Å². The number of aryl methyl sites for hydroxylation is 2. The molecular formula is C14H21N. The monoisotopic (exact) mass is 203 g/mol. The average Bonchev–Trinajstić information content (AvgIpc) is 2.53. The van der Waals surface area contributed by atoms with Gasteiger partial charge in [-0.2, -0.15) is 0 Å². The van der Waals surface area contributed by atoms with Gasteiger partial charge in [-0.3, -0.25) is 0 Å². The SMILES string of the molecule is CC1CCCCc2cc3c(n21)CCCC3. The molecule has 1 nitrogen and oxygen atoms in total. The molecule has 82 valence electrons. The van der Waals surface area contributed by atoms with Gasteiger partial charge in [-0.15, -0.1) is 0 Å². The van der Waals surface area contributed by atoms with Crippen molar-refractivity contribution in [2.45, 2.75) is 64.3 Å². The third-order valence-electron chi connectivity index (χ3n) is 4.17. The maximum Gasteiger partial charge on any atom is 0.0307 e. The molecule has 0 saturated carbocycles. The van der Waals surface area contributed by atoms with E-state index in [1.807, 2.05) is 0 Å². The van der Waals surface area contributed by atoms with Crippen molar-refractivity contribution in [1.82, 2.24) is 4.57 Å². The second kappa shape index (κ2) is 3.70. The van der Waals surface area contributed by atoms with Crippen LogP contribution >= 0.6 is 0 Å². The Bertz CT molecular complexity index is 362. The Kier molecular flexibility index (Phi) is 2.34. The smallest absolute Gasteiger partial charge is 0.0307 e. The standard InChI is InChI=1S/C14H21N/c1-11-6-2-4-8-13-10-12-7-3-5-9-14(12)15(11)13/h10-11H,2-9H2,1H3. The van der Waals surface area contributed by atoms with Crippen molar-refractivity contribution in [2.24, 2.45) is 0 Å². The van der Waals surface area contributed by atoms with Crippen molar-refractivity contribution in [3.8, 4) is 0 Å². The van der Waals surface area contributed by atoms with Crippen LogP contribution in [0.4, 0.5) is 0 Å². The van der Waals surface area contributed by atoms with Crippen molar-refractivity contribution >= 4 is 0 Å². The number of aromatic nitrogens is 1. The number of hydrogen-bond acceptors (Lipinski definition) is 0. The van der Waals surface area contributed by atoms with E-state index in [-0.39, 0.29) is 0 Å². The van der Waals surface area contributed by atoms with E-state index in [2.05, 4.69) is 17.6 Å². The summed E-state index contributed by atoms with van der Waals surface area (Å²) in [5.74, 6) is 0. The van der Waals surface area contributed by atoms with Gasteiger partial charge in [0.05, 0.1) is 0 Å². The molecule has 2 aliphatic rings. The molecule has 0 amide bonds. The van der Waals surface area contributed by atoms with Gasteiger partial charge in [-0.05, 0) is 63.5 Å². The fourth-order valence-electron chi connectivity index (χ4n) is 3.40. The first kappa shape index (κ1) is 9.50. The molecule has 15 heavy (non-hydrogen) atoms. The Morgan fingerprint density at radius 2 is 1.87 bits per heavy atom. The zero-order valence-corrected chi connectivity index (χ0v) is 9.76. The summed E-state index contributed by atoms with van der Waals surface area (Å²) in [4.78, 5) is 0. The van der Waals surface area contributed by atoms with Gasteiger partial charge in [0.25, 0.3) is 0 Å². The lowest BCUT2D eigenvalue weighted by Crippen LogP contribution is -2.12. The van der Waals surface area contributed by atoms with Gasteiger partial charge < -0.3 is 4.57 Å². The minimum atomic E-state index is 0.754. The van der Waals surface area contributed by atoms with Crippen molar-refractivity contribution in [3.05, 3.63) is 23.0 Å². The van der Waals surface area contributed by atoms with Gasteiger partial charge in [0.15, 0.2) is 0 Å². The summed E-state index contributed by atoms with van der Waals surface area (Å²) in [6, 6.07) is 3.26. The van der Waals surface area contributed by atoms with Crippen LogP contribution in [0.5, 0.6) is 0 Å². The molecule has 3 rings (SSSR count). The molecule has 1 unspecified atom stereocenters. The summed E-state index contributed by atoms with van der Waals surface area (Å²) >= 11 is 0. The Labute approximate surface area is 92.5 Å². The van der Waals surface area contributed by atoms with Crippen LogP contribution in [0.2, 0.25) is 0 Å². The van der Waals surface area contributed by atoms with Crippen molar-refractivity contribution < 1.29 is 0 Å². The molecule has 0 N–H and O–H groups in total. The van der Waals surface area contributed by atoms with Crippen molar-refractivity contribution in [2.75, 3.05) is 0 Å². The van der Waals surface area contributed by atoms with Crippen LogP contribution in [-0.2, 0) is 19.3 Å². The number of fused-ring (bicyclic) bond motifs is 3. The second-order valence-electron chi connectivity index (χ2n) is 5.28. The predicted molar refractivity (Wildman–Crippen MR) is 63.3 cm³/mol. The van der Waals surface area contributed by atoms with Gasteiger partial charge in [0.1, 0.15) is 0 Å². The first-order valence-electron chi connectivity index (χ1n) is 6.58. The van der Waals surface area contributed by atoms with E-state index in [4.69, 9.17) is 0 Å². The predicted octanol–water partition coefficient (Wildman–Crippen LogP) is 3.65. The molecule has 2 heterocycles. The maximum absolute atomic E-state index is 2.68. The minimum Gasteiger partial charge on any atom is -0.346 e. The van der Waals surface area contributed by atoms with Crippen LogP contribution in [0.3, 0.4) is 0 Å². The second-order valence-corrected chi connectivity index (χ2v) is 5.28. The van der Waals surface area contributed by atoms with Crippen LogP contribution in [0.15, 0.2) is 6.07 Å². The zero-order valence-electron chi connectivity index (χ0n) is 9.76. The lowest BCUT2D eigenvalue weighted by Gasteiger charge is -2.21. The number of hydrogen-bond donors (Lipinski definition) is 0. The van der Waals surface area contributed by atoms with Crippen LogP contribution in [0.25, 0.3) is 0 Å². The summed E-state index contributed by atoms with van der Waals surface area (Å²) < 4.78 is 2.68. The molecule has 1 aromatic heterocycles. The molecule has 1 aliphatic carbocycles. The average molecular weight is 203 g/mol. The Morgan fingerprint density at radius 3 is 2.80 bits per heavy atom. The molecule has 0 fully saturated rings. The lowest BCUT2D eigenvalue weighted by molar-refractivity contribution is 0.479. The van der Waals surface area contributed by atoms with Gasteiger partial charge in [0, 0.05) is 17.4 Å². The normalized spacial score (nSPS) is 25.5. The summed E-state index contributed by atoms with van der Waals surface area (Å²) in [6.07, 6.45) is 11.0. The van der Waals surface area contributed by atoms with Gasteiger partial charge in [-0.25, -0.2) is 0 Å². The van der Waals surface area contributed by atoms with Crippen molar-refractivity contribution in [1.29, 1.82) is 0 Å². The topological polar surface area (TPSA) is 4.93 Å². The van der Waals surface area contributed by atoms with Gasteiger partial charge in [0.2, 0.25) is 0 Å². The summed E-state index contributed by atoms with van der Waals surface area (Å²) in [6.45, 7) is 2.41. The molecule has 0 bridgehead atoms. The van der Waals surface area contributed by atoms with E-state index in [0.717, 1.165) is 6.04 Å². The number of nitrogens with zero attached hydrogens (tertiary/aromatic N) is 1. The molecule has 0 radical (unpaired) electrons. The molecule has 1 heteroatoms. The van der Waals surface area contributed by atoms with Gasteiger partial charge >= 0.3 is 0 Å². The highest BCUT2D eigenvalue weighted by Gasteiger charge is 2.22. The molecule has 1 aromatic rings. The summed E-state index contributed by atoms with van der Waals surface area (Å²) in [5, 5.41) is 0. The summed E-state index contributed by atoms with van der Waals surface area (Å²) in [5.41, 5.74) is 4.99. The van der Waals surface area contributed by atoms with Crippen LogP contribution < -0.4 is 0 Å². The number of rotatable bonds is 0. The first-order chi connectivity index (χ1) is 7.36.